The Bertz CT molecular complexity index is 374. The zero-order chi connectivity index (χ0) is 9.10. The molecule has 0 amide bonds. The molecule has 0 radical (unpaired) electrons. The van der Waals surface area contributed by atoms with Crippen molar-refractivity contribution >= 4 is 11.9 Å². The van der Waals surface area contributed by atoms with E-state index in [1.807, 2.05) is 36.4 Å². The van der Waals surface area contributed by atoms with Gasteiger partial charge in [-0.3, -0.25) is 4.99 Å². The van der Waals surface area contributed by atoms with Gasteiger partial charge in [-0.1, -0.05) is 24.8 Å². The number of nitrogens with zero attached hydrogens (tertiary/aromatic N) is 1. The third-order valence-electron chi connectivity index (χ3n) is 1.84. The van der Waals surface area contributed by atoms with Gasteiger partial charge in [-0.25, -0.2) is 0 Å². The maximum atomic E-state index is 4.04. The van der Waals surface area contributed by atoms with E-state index in [1.54, 1.807) is 6.21 Å². The number of benzene rings is 1. The third-order valence-corrected chi connectivity index (χ3v) is 1.84. The zero-order valence-electron chi connectivity index (χ0n) is 7.20. The number of hydrogen-bond donors (Lipinski definition) is 1. The smallest absolute Gasteiger partial charge is 0.0793 e. The van der Waals surface area contributed by atoms with Gasteiger partial charge in [0.25, 0.3) is 0 Å². The molecule has 0 unspecified atom stereocenters. The predicted octanol–water partition coefficient (Wildman–Crippen LogP) is 2.58. The van der Waals surface area contributed by atoms with Crippen molar-refractivity contribution in [3.8, 4) is 0 Å². The van der Waals surface area contributed by atoms with Gasteiger partial charge in [0, 0.05) is 11.9 Å². The average molecular weight is 170 g/mol. The summed E-state index contributed by atoms with van der Waals surface area (Å²) in [4.78, 5) is 4.04. The maximum absolute atomic E-state index is 4.04. The van der Waals surface area contributed by atoms with Gasteiger partial charge < -0.3 is 5.32 Å². The summed E-state index contributed by atoms with van der Waals surface area (Å²) in [5, 5.41) is 3.23. The standard InChI is InChI=1S/C11H10N2/c1-9-11(7-8-12-9)13-10-5-3-2-4-6-10/h2-8,13H,1H2. The molecule has 2 nitrogen and oxygen atoms in total. The van der Waals surface area contributed by atoms with Crippen LogP contribution in [0.2, 0.25) is 0 Å². The molecule has 1 aromatic carbocycles. The molecule has 13 heavy (non-hydrogen) atoms. The Kier molecular flexibility index (Phi) is 1.96. The van der Waals surface area contributed by atoms with Gasteiger partial charge in [-0.15, -0.1) is 0 Å². The Morgan fingerprint density at radius 2 is 1.92 bits per heavy atom. The van der Waals surface area contributed by atoms with Crippen molar-refractivity contribution in [2.75, 3.05) is 5.32 Å². The molecule has 0 saturated heterocycles. The molecule has 0 aromatic heterocycles. The molecule has 64 valence electrons. The van der Waals surface area contributed by atoms with Crippen LogP contribution in [0.3, 0.4) is 0 Å². The van der Waals surface area contributed by atoms with Crippen LogP contribution >= 0.6 is 0 Å². The summed E-state index contributed by atoms with van der Waals surface area (Å²) in [5.41, 5.74) is 2.80. The van der Waals surface area contributed by atoms with Crippen LogP contribution in [-0.2, 0) is 0 Å². The molecule has 0 fully saturated rings. The van der Waals surface area contributed by atoms with E-state index in [1.165, 1.54) is 0 Å². The number of anilines is 1. The number of para-hydroxylation sites is 1. The second kappa shape index (κ2) is 3.27. The van der Waals surface area contributed by atoms with Gasteiger partial charge in [-0.2, -0.15) is 0 Å². The minimum atomic E-state index is 0.781. The fourth-order valence-electron chi connectivity index (χ4n) is 1.16. The molecule has 0 spiro atoms. The second-order valence-corrected chi connectivity index (χ2v) is 2.80. The van der Waals surface area contributed by atoms with E-state index in [2.05, 4.69) is 16.9 Å². The first-order chi connectivity index (χ1) is 6.36. The number of hydrogen-bond acceptors (Lipinski definition) is 2. The van der Waals surface area contributed by atoms with Crippen LogP contribution < -0.4 is 5.32 Å². The Labute approximate surface area is 77.3 Å². The highest BCUT2D eigenvalue weighted by Gasteiger charge is 2.04. The first-order valence-corrected chi connectivity index (χ1v) is 4.12. The summed E-state index contributed by atoms with van der Waals surface area (Å²) in [6.07, 6.45) is 3.66. The first kappa shape index (κ1) is 7.80. The number of aliphatic imine (C=N–C) groups is 1. The molecule has 1 aromatic rings. The van der Waals surface area contributed by atoms with Crippen LogP contribution in [0.15, 0.2) is 59.4 Å². The van der Waals surface area contributed by atoms with Crippen LogP contribution in [0.25, 0.3) is 0 Å². The highest BCUT2D eigenvalue weighted by Crippen LogP contribution is 2.17. The highest BCUT2D eigenvalue weighted by molar-refractivity contribution is 5.81. The maximum Gasteiger partial charge on any atom is 0.0793 e. The monoisotopic (exact) mass is 170 g/mol. The van der Waals surface area contributed by atoms with E-state index in [0.717, 1.165) is 17.1 Å². The summed E-state index contributed by atoms with van der Waals surface area (Å²) in [6.45, 7) is 3.80. The first-order valence-electron chi connectivity index (χ1n) is 4.12. The molecule has 1 heterocycles. The Hall–Kier alpha value is -1.83. The average Bonchev–Trinajstić information content (AvgIpc) is 2.54. The van der Waals surface area contributed by atoms with Crippen molar-refractivity contribution in [2.24, 2.45) is 4.99 Å². The summed E-state index contributed by atoms with van der Waals surface area (Å²) < 4.78 is 0. The second-order valence-electron chi connectivity index (χ2n) is 2.80. The lowest BCUT2D eigenvalue weighted by molar-refractivity contribution is 1.35. The zero-order valence-corrected chi connectivity index (χ0v) is 7.20. The molecule has 1 N–H and O–H groups in total. The van der Waals surface area contributed by atoms with Gasteiger partial charge in [0.1, 0.15) is 0 Å². The lowest BCUT2D eigenvalue weighted by atomic mass is 10.3. The predicted molar refractivity (Wildman–Crippen MR) is 55.8 cm³/mol. The lowest BCUT2D eigenvalue weighted by Gasteiger charge is -2.06. The largest absolute Gasteiger partial charge is 0.354 e. The Balaban J connectivity index is 2.12. The molecule has 2 heteroatoms. The van der Waals surface area contributed by atoms with Crippen LogP contribution in [0.4, 0.5) is 5.69 Å². The van der Waals surface area contributed by atoms with E-state index in [9.17, 15) is 0 Å². The molecule has 1 aliphatic rings. The quantitative estimate of drug-likeness (QED) is 0.724. The lowest BCUT2D eigenvalue weighted by Crippen LogP contribution is -1.97. The van der Waals surface area contributed by atoms with Gasteiger partial charge in [-0.05, 0) is 18.2 Å². The van der Waals surface area contributed by atoms with Crippen LogP contribution in [0.5, 0.6) is 0 Å². The molecule has 0 saturated carbocycles. The fourth-order valence-corrected chi connectivity index (χ4v) is 1.16. The van der Waals surface area contributed by atoms with Crippen molar-refractivity contribution in [2.45, 2.75) is 0 Å². The van der Waals surface area contributed by atoms with Crippen molar-refractivity contribution < 1.29 is 0 Å². The molecule has 2 rings (SSSR count). The van der Waals surface area contributed by atoms with E-state index in [-0.39, 0.29) is 0 Å². The molecule has 0 bridgehead atoms. The van der Waals surface area contributed by atoms with Gasteiger partial charge in [0.15, 0.2) is 0 Å². The minimum absolute atomic E-state index is 0.781. The summed E-state index contributed by atoms with van der Waals surface area (Å²) in [7, 11) is 0. The SMILES string of the molecule is C=C1N=CC=C1Nc1ccccc1. The number of rotatable bonds is 2. The minimum Gasteiger partial charge on any atom is -0.354 e. The van der Waals surface area contributed by atoms with Crippen molar-refractivity contribution in [3.05, 3.63) is 54.4 Å². The fraction of sp³-hybridized carbons (Fsp3) is 0. The Morgan fingerprint density at radius 1 is 1.15 bits per heavy atom. The van der Waals surface area contributed by atoms with E-state index < -0.39 is 0 Å². The van der Waals surface area contributed by atoms with E-state index in [4.69, 9.17) is 0 Å². The van der Waals surface area contributed by atoms with Crippen LogP contribution in [0.1, 0.15) is 0 Å². The third kappa shape index (κ3) is 1.67. The van der Waals surface area contributed by atoms with E-state index in [0.29, 0.717) is 0 Å². The topological polar surface area (TPSA) is 24.4 Å². The molecular formula is C11H10N2. The van der Waals surface area contributed by atoms with E-state index >= 15 is 0 Å². The van der Waals surface area contributed by atoms with Gasteiger partial charge >= 0.3 is 0 Å². The summed E-state index contributed by atoms with van der Waals surface area (Å²) in [5.74, 6) is 0. The van der Waals surface area contributed by atoms with Crippen LogP contribution in [-0.4, -0.2) is 6.21 Å². The van der Waals surface area contributed by atoms with Gasteiger partial charge in [0.05, 0.1) is 11.4 Å². The number of nitrogens with one attached hydrogen (secondary N) is 1. The van der Waals surface area contributed by atoms with Crippen LogP contribution in [0, 0.1) is 0 Å². The molecule has 0 aliphatic carbocycles. The normalized spacial score (nSPS) is 14.5. The number of allylic oxidation sites excluding steroid dienone is 1. The van der Waals surface area contributed by atoms with Crippen molar-refractivity contribution in [1.82, 2.24) is 0 Å². The summed E-state index contributed by atoms with van der Waals surface area (Å²) in [6, 6.07) is 9.97. The van der Waals surface area contributed by atoms with Crippen molar-refractivity contribution in [1.29, 1.82) is 0 Å². The van der Waals surface area contributed by atoms with Crippen molar-refractivity contribution in [3.63, 3.8) is 0 Å². The highest BCUT2D eigenvalue weighted by atomic mass is 14.9. The molecular weight excluding hydrogens is 160 g/mol. The molecule has 1 aliphatic heterocycles. The summed E-state index contributed by atoms with van der Waals surface area (Å²) >= 11 is 0. The molecule has 0 atom stereocenters. The van der Waals surface area contributed by atoms with Gasteiger partial charge in [0.2, 0.25) is 0 Å². The Morgan fingerprint density at radius 3 is 2.54 bits per heavy atom.